The molecule has 1 fully saturated rings. The summed E-state index contributed by atoms with van der Waals surface area (Å²) < 4.78 is 6.55. The van der Waals surface area contributed by atoms with Gasteiger partial charge < -0.3 is 4.74 Å². The quantitative estimate of drug-likeness (QED) is 0.591. The lowest BCUT2D eigenvalue weighted by Crippen LogP contribution is -2.10. The lowest BCUT2D eigenvalue weighted by Gasteiger charge is -2.23. The van der Waals surface area contributed by atoms with Gasteiger partial charge in [-0.3, -0.25) is 0 Å². The number of allylic oxidation sites excluding steroid dienone is 1. The van der Waals surface area contributed by atoms with Crippen molar-refractivity contribution in [2.45, 2.75) is 32.1 Å². The zero-order chi connectivity index (χ0) is 13.7. The molecule has 1 saturated carbocycles. The molecule has 0 N–H and O–H groups in total. The van der Waals surface area contributed by atoms with Gasteiger partial charge in [0.2, 0.25) is 0 Å². The molecular weight excluding hydrogens is 368 g/mol. The minimum atomic E-state index is 0.733. The minimum absolute atomic E-state index is 0.733. The maximum absolute atomic E-state index is 5.45. The van der Waals surface area contributed by atoms with Gasteiger partial charge in [-0.25, -0.2) is 0 Å². The van der Waals surface area contributed by atoms with Crippen molar-refractivity contribution < 1.29 is 4.74 Å². The summed E-state index contributed by atoms with van der Waals surface area (Å²) >= 11 is 7.19. The molecule has 1 nitrogen and oxygen atoms in total. The van der Waals surface area contributed by atoms with E-state index in [9.17, 15) is 0 Å². The third-order valence-electron chi connectivity index (χ3n) is 3.82. The predicted molar refractivity (Wildman–Crippen MR) is 89.0 cm³/mol. The van der Waals surface area contributed by atoms with Crippen molar-refractivity contribution in [3.8, 4) is 5.75 Å². The first-order valence-corrected chi connectivity index (χ1v) is 8.76. The number of ether oxygens (including phenoxy) is 1. The van der Waals surface area contributed by atoms with E-state index in [0.717, 1.165) is 27.0 Å². The van der Waals surface area contributed by atoms with Crippen LogP contribution in [0, 0.1) is 5.92 Å². The summed E-state index contributed by atoms with van der Waals surface area (Å²) in [6.07, 6.45) is 9.08. The molecule has 0 radical (unpaired) electrons. The molecule has 1 aromatic rings. The van der Waals surface area contributed by atoms with Crippen molar-refractivity contribution >= 4 is 37.9 Å². The predicted octanol–water partition coefficient (Wildman–Crippen LogP) is 5.82. The van der Waals surface area contributed by atoms with Gasteiger partial charge in [0, 0.05) is 15.4 Å². The van der Waals surface area contributed by atoms with E-state index in [0.29, 0.717) is 0 Å². The van der Waals surface area contributed by atoms with Gasteiger partial charge in [-0.2, -0.15) is 0 Å². The highest BCUT2D eigenvalue weighted by Gasteiger charge is 2.17. The van der Waals surface area contributed by atoms with E-state index in [-0.39, 0.29) is 0 Å². The van der Waals surface area contributed by atoms with Crippen molar-refractivity contribution in [2.75, 3.05) is 12.4 Å². The molecule has 0 amide bonds. The Labute approximate surface area is 132 Å². The Morgan fingerprint density at radius 2 is 2.05 bits per heavy atom. The minimum Gasteiger partial charge on any atom is -0.496 e. The van der Waals surface area contributed by atoms with Gasteiger partial charge >= 0.3 is 0 Å². The monoisotopic (exact) mass is 386 g/mol. The third kappa shape index (κ3) is 4.09. The Balaban J connectivity index is 2.28. The van der Waals surface area contributed by atoms with Crippen LogP contribution in [-0.2, 0) is 0 Å². The normalized spacial score (nSPS) is 17.5. The Bertz CT molecular complexity index is 448. The molecule has 104 valence electrons. The van der Waals surface area contributed by atoms with Gasteiger partial charge in [0.25, 0.3) is 0 Å². The van der Waals surface area contributed by atoms with Crippen molar-refractivity contribution in [3.63, 3.8) is 0 Å². The second-order valence-corrected chi connectivity index (χ2v) is 6.55. The molecule has 1 aromatic carbocycles. The molecule has 19 heavy (non-hydrogen) atoms. The molecule has 0 spiro atoms. The molecule has 1 aliphatic rings. The Morgan fingerprint density at radius 3 is 2.68 bits per heavy atom. The molecule has 2 rings (SSSR count). The van der Waals surface area contributed by atoms with Gasteiger partial charge in [0.05, 0.1) is 7.11 Å². The van der Waals surface area contributed by atoms with Crippen molar-refractivity contribution in [1.82, 2.24) is 0 Å². The highest BCUT2D eigenvalue weighted by Crippen LogP contribution is 2.33. The molecule has 0 unspecified atom stereocenters. The number of alkyl halides is 1. The highest BCUT2D eigenvalue weighted by atomic mass is 79.9. The number of hydrogen-bond acceptors (Lipinski definition) is 1. The summed E-state index contributed by atoms with van der Waals surface area (Å²) in [7, 11) is 1.73. The SMILES string of the molecule is COc1ccc(Br)cc1C=C(CBr)C1CCCCC1. The van der Waals surface area contributed by atoms with Crippen LogP contribution in [0.25, 0.3) is 6.08 Å². The van der Waals surface area contributed by atoms with Crippen LogP contribution in [0.3, 0.4) is 0 Å². The zero-order valence-corrected chi connectivity index (χ0v) is 14.5. The van der Waals surface area contributed by atoms with Gasteiger partial charge in [-0.15, -0.1) is 0 Å². The van der Waals surface area contributed by atoms with E-state index < -0.39 is 0 Å². The van der Waals surface area contributed by atoms with Crippen LogP contribution in [0.4, 0.5) is 0 Å². The Morgan fingerprint density at radius 1 is 1.32 bits per heavy atom. The lowest BCUT2D eigenvalue weighted by atomic mass is 9.84. The van der Waals surface area contributed by atoms with Gasteiger partial charge in [-0.05, 0) is 37.0 Å². The molecule has 0 atom stereocenters. The summed E-state index contributed by atoms with van der Waals surface area (Å²) in [5, 5.41) is 0.952. The number of rotatable bonds is 4. The first-order valence-electron chi connectivity index (χ1n) is 6.84. The van der Waals surface area contributed by atoms with E-state index >= 15 is 0 Å². The maximum atomic E-state index is 5.45. The Kier molecular flexibility index (Phi) is 5.96. The average Bonchev–Trinajstić information content (AvgIpc) is 2.46. The van der Waals surface area contributed by atoms with Crippen LogP contribution in [0.5, 0.6) is 5.75 Å². The van der Waals surface area contributed by atoms with Crippen molar-refractivity contribution in [3.05, 3.63) is 33.8 Å². The third-order valence-corrected chi connectivity index (χ3v) is 4.96. The van der Waals surface area contributed by atoms with Crippen LogP contribution < -0.4 is 4.74 Å². The first kappa shape index (κ1) is 15.1. The first-order chi connectivity index (χ1) is 9.24. The number of hydrogen-bond donors (Lipinski definition) is 0. The van der Waals surface area contributed by atoms with E-state index in [1.54, 1.807) is 7.11 Å². The molecule has 0 aliphatic heterocycles. The summed E-state index contributed by atoms with van der Waals surface area (Å²) in [4.78, 5) is 0. The van der Waals surface area contributed by atoms with Gasteiger partial charge in [0.15, 0.2) is 0 Å². The molecule has 0 bridgehead atoms. The van der Waals surface area contributed by atoms with Crippen LogP contribution in [-0.4, -0.2) is 12.4 Å². The highest BCUT2D eigenvalue weighted by molar-refractivity contribution is 9.10. The zero-order valence-electron chi connectivity index (χ0n) is 11.3. The van der Waals surface area contributed by atoms with Crippen LogP contribution in [0.2, 0.25) is 0 Å². The summed E-state index contributed by atoms with van der Waals surface area (Å²) in [5.41, 5.74) is 2.66. The standard InChI is InChI=1S/C16H20Br2O/c1-19-16-8-7-15(18)10-13(16)9-14(11-17)12-5-3-2-4-6-12/h7-10,12H,2-6,11H2,1H3. The maximum Gasteiger partial charge on any atom is 0.126 e. The summed E-state index contributed by atoms with van der Waals surface area (Å²) in [6, 6.07) is 6.16. The van der Waals surface area contributed by atoms with Crippen molar-refractivity contribution in [1.29, 1.82) is 0 Å². The van der Waals surface area contributed by atoms with Gasteiger partial charge in [0.1, 0.15) is 5.75 Å². The number of methoxy groups -OCH3 is 1. The van der Waals surface area contributed by atoms with Crippen LogP contribution >= 0.6 is 31.9 Å². The molecular formula is C16H20Br2O. The number of benzene rings is 1. The fourth-order valence-electron chi connectivity index (χ4n) is 2.76. The lowest BCUT2D eigenvalue weighted by molar-refractivity contribution is 0.404. The molecule has 0 saturated heterocycles. The molecule has 3 heteroatoms. The van der Waals surface area contributed by atoms with E-state index in [1.807, 2.05) is 12.1 Å². The average molecular weight is 388 g/mol. The van der Waals surface area contributed by atoms with E-state index in [4.69, 9.17) is 4.74 Å². The van der Waals surface area contributed by atoms with E-state index in [2.05, 4.69) is 44.0 Å². The topological polar surface area (TPSA) is 9.23 Å². The fraction of sp³-hybridized carbons (Fsp3) is 0.500. The van der Waals surface area contributed by atoms with E-state index in [1.165, 1.54) is 37.7 Å². The summed E-state index contributed by atoms with van der Waals surface area (Å²) in [5.74, 6) is 1.68. The smallest absolute Gasteiger partial charge is 0.126 e. The molecule has 0 aromatic heterocycles. The van der Waals surface area contributed by atoms with Crippen molar-refractivity contribution in [2.24, 2.45) is 5.92 Å². The fourth-order valence-corrected chi connectivity index (χ4v) is 3.76. The summed E-state index contributed by atoms with van der Waals surface area (Å²) in [6.45, 7) is 0. The van der Waals surface area contributed by atoms with Crippen LogP contribution in [0.15, 0.2) is 28.2 Å². The second kappa shape index (κ2) is 7.49. The number of halogens is 2. The molecule has 1 aliphatic carbocycles. The van der Waals surface area contributed by atoms with Crippen LogP contribution in [0.1, 0.15) is 37.7 Å². The second-order valence-electron chi connectivity index (χ2n) is 5.07. The molecule has 0 heterocycles. The Hall–Kier alpha value is -0.280. The largest absolute Gasteiger partial charge is 0.496 e. The van der Waals surface area contributed by atoms with Gasteiger partial charge in [-0.1, -0.05) is 62.8 Å².